The minimum absolute atomic E-state index is 0. The van der Waals surface area contributed by atoms with Gasteiger partial charge < -0.3 is 5.73 Å². The van der Waals surface area contributed by atoms with Crippen LogP contribution in [0.15, 0.2) is 6.07 Å². The fourth-order valence-corrected chi connectivity index (χ4v) is 0.588. The second-order valence-electron chi connectivity index (χ2n) is 1.83. The Morgan fingerprint density at radius 3 is 2.10 bits per heavy atom. The number of rotatable bonds is 0. The Kier molecular flexibility index (Phi) is 5.42. The molecule has 0 saturated heterocycles. The zero-order valence-corrected chi connectivity index (χ0v) is 7.50. The van der Waals surface area contributed by atoms with Crippen LogP contribution in [-0.2, 0) is 7.05 Å². The monoisotopic (exact) mass is 183 g/mol. The summed E-state index contributed by atoms with van der Waals surface area (Å²) in [5, 5.41) is 3.91. The van der Waals surface area contributed by atoms with Crippen LogP contribution in [0.4, 0.5) is 5.82 Å². The molecule has 0 saturated carbocycles. The predicted molar refractivity (Wildman–Crippen MR) is 46.9 cm³/mol. The summed E-state index contributed by atoms with van der Waals surface area (Å²) in [5.41, 5.74) is 6.43. The molecule has 0 aliphatic heterocycles. The van der Waals surface area contributed by atoms with Crippen molar-refractivity contribution in [2.45, 2.75) is 6.92 Å². The lowest BCUT2D eigenvalue weighted by Crippen LogP contribution is -1.93. The maximum absolute atomic E-state index is 5.35. The van der Waals surface area contributed by atoms with E-state index in [2.05, 4.69) is 5.10 Å². The highest BCUT2D eigenvalue weighted by molar-refractivity contribution is 5.85. The zero-order valence-electron chi connectivity index (χ0n) is 5.87. The van der Waals surface area contributed by atoms with E-state index in [0.29, 0.717) is 5.82 Å². The van der Waals surface area contributed by atoms with E-state index >= 15 is 0 Å². The maximum Gasteiger partial charge on any atom is 0.145 e. The van der Waals surface area contributed by atoms with Crippen LogP contribution >= 0.6 is 24.8 Å². The first kappa shape index (κ1) is 12.3. The van der Waals surface area contributed by atoms with Crippen LogP contribution in [0.5, 0.6) is 0 Å². The van der Waals surface area contributed by atoms with Crippen LogP contribution in [0.3, 0.4) is 0 Å². The molecule has 0 spiro atoms. The average molecular weight is 184 g/mol. The third-order valence-electron chi connectivity index (χ3n) is 1.13. The highest BCUT2D eigenvalue weighted by Crippen LogP contribution is 1.99. The molecule has 0 aliphatic carbocycles. The van der Waals surface area contributed by atoms with Crippen LogP contribution in [-0.4, -0.2) is 9.78 Å². The van der Waals surface area contributed by atoms with E-state index in [9.17, 15) is 0 Å². The van der Waals surface area contributed by atoms with Gasteiger partial charge >= 0.3 is 0 Å². The number of nitrogens with two attached hydrogens (primary N) is 1. The SMILES string of the molecule is Cc1cc(N)nn1C.Cl.Cl. The third-order valence-corrected chi connectivity index (χ3v) is 1.13. The average Bonchev–Trinajstić information content (AvgIpc) is 1.85. The van der Waals surface area contributed by atoms with Crippen LogP contribution in [0, 0.1) is 6.92 Å². The van der Waals surface area contributed by atoms with E-state index in [1.807, 2.05) is 20.0 Å². The summed E-state index contributed by atoms with van der Waals surface area (Å²) in [7, 11) is 1.87. The van der Waals surface area contributed by atoms with Crippen molar-refractivity contribution in [1.29, 1.82) is 0 Å². The lowest BCUT2D eigenvalue weighted by atomic mass is 10.5. The molecule has 2 N–H and O–H groups in total. The highest BCUT2D eigenvalue weighted by Gasteiger charge is 1.92. The number of halogens is 2. The molecule has 0 aromatic carbocycles. The van der Waals surface area contributed by atoms with Gasteiger partial charge in [-0.3, -0.25) is 4.68 Å². The number of hydrogen-bond donors (Lipinski definition) is 1. The van der Waals surface area contributed by atoms with E-state index in [1.165, 1.54) is 0 Å². The first-order valence-corrected chi connectivity index (χ1v) is 2.46. The quantitative estimate of drug-likeness (QED) is 0.657. The Bertz CT molecular complexity index is 177. The van der Waals surface area contributed by atoms with Gasteiger partial charge in [0.2, 0.25) is 0 Å². The van der Waals surface area contributed by atoms with Gasteiger partial charge in [-0.15, -0.1) is 24.8 Å². The number of aryl methyl sites for hydroxylation is 2. The van der Waals surface area contributed by atoms with Crippen molar-refractivity contribution in [3.8, 4) is 0 Å². The molecule has 0 amide bonds. The van der Waals surface area contributed by atoms with E-state index in [4.69, 9.17) is 5.73 Å². The fraction of sp³-hybridized carbons (Fsp3) is 0.400. The zero-order chi connectivity index (χ0) is 6.15. The van der Waals surface area contributed by atoms with Gasteiger partial charge in [0, 0.05) is 18.8 Å². The molecule has 1 aromatic heterocycles. The summed E-state index contributed by atoms with van der Waals surface area (Å²) < 4.78 is 1.75. The molecule has 1 heterocycles. The Hall–Kier alpha value is -0.410. The minimum Gasteiger partial charge on any atom is -0.382 e. The van der Waals surface area contributed by atoms with E-state index in [-0.39, 0.29) is 24.8 Å². The van der Waals surface area contributed by atoms with Gasteiger partial charge in [-0.1, -0.05) is 0 Å². The Balaban J connectivity index is 0. The lowest BCUT2D eigenvalue weighted by molar-refractivity contribution is 0.744. The van der Waals surface area contributed by atoms with Gasteiger partial charge in [0.25, 0.3) is 0 Å². The number of nitrogens with zero attached hydrogens (tertiary/aromatic N) is 2. The molecule has 1 aromatic rings. The van der Waals surface area contributed by atoms with Gasteiger partial charge in [0.1, 0.15) is 5.82 Å². The van der Waals surface area contributed by atoms with Crippen molar-refractivity contribution >= 4 is 30.6 Å². The molecule has 10 heavy (non-hydrogen) atoms. The van der Waals surface area contributed by atoms with Gasteiger partial charge in [-0.2, -0.15) is 5.10 Å². The molecule has 3 nitrogen and oxygen atoms in total. The summed E-state index contributed by atoms with van der Waals surface area (Å²) in [6.07, 6.45) is 0. The van der Waals surface area contributed by atoms with Crippen molar-refractivity contribution < 1.29 is 0 Å². The highest BCUT2D eigenvalue weighted by atomic mass is 35.5. The molecule has 0 fully saturated rings. The van der Waals surface area contributed by atoms with Crippen LogP contribution < -0.4 is 5.73 Å². The number of aromatic nitrogens is 2. The molecule has 0 bridgehead atoms. The summed E-state index contributed by atoms with van der Waals surface area (Å²) >= 11 is 0. The second kappa shape index (κ2) is 4.41. The van der Waals surface area contributed by atoms with Crippen molar-refractivity contribution in [2.75, 3.05) is 5.73 Å². The standard InChI is InChI=1S/C5H9N3.2ClH/c1-4-3-5(6)7-8(4)2;;/h3H,1-2H3,(H2,6,7);2*1H. The largest absolute Gasteiger partial charge is 0.382 e. The molecule has 60 valence electrons. The van der Waals surface area contributed by atoms with E-state index in [1.54, 1.807) is 4.68 Å². The number of anilines is 1. The molecule has 0 aliphatic rings. The molecule has 0 unspecified atom stereocenters. The second-order valence-corrected chi connectivity index (χ2v) is 1.83. The van der Waals surface area contributed by atoms with E-state index < -0.39 is 0 Å². The fourth-order valence-electron chi connectivity index (χ4n) is 0.588. The van der Waals surface area contributed by atoms with Crippen LogP contribution in [0.2, 0.25) is 0 Å². The maximum atomic E-state index is 5.35. The topological polar surface area (TPSA) is 43.8 Å². The molecule has 0 atom stereocenters. The minimum atomic E-state index is 0. The van der Waals surface area contributed by atoms with Crippen molar-refractivity contribution in [2.24, 2.45) is 7.05 Å². The molecule has 0 radical (unpaired) electrons. The van der Waals surface area contributed by atoms with Gasteiger partial charge in [0.05, 0.1) is 0 Å². The molecular weight excluding hydrogens is 173 g/mol. The third kappa shape index (κ3) is 2.45. The van der Waals surface area contributed by atoms with Crippen molar-refractivity contribution in [1.82, 2.24) is 9.78 Å². The summed E-state index contributed by atoms with van der Waals surface area (Å²) in [6, 6.07) is 1.83. The first-order chi connectivity index (χ1) is 3.70. The Morgan fingerprint density at radius 2 is 2.00 bits per heavy atom. The molecular formula is C5H11Cl2N3. The van der Waals surface area contributed by atoms with Gasteiger partial charge in [0.15, 0.2) is 0 Å². The lowest BCUT2D eigenvalue weighted by Gasteiger charge is -1.87. The Labute approximate surface area is 72.4 Å². The van der Waals surface area contributed by atoms with Crippen LogP contribution in [0.1, 0.15) is 5.69 Å². The number of hydrogen-bond acceptors (Lipinski definition) is 2. The summed E-state index contributed by atoms with van der Waals surface area (Å²) in [6.45, 7) is 1.96. The van der Waals surface area contributed by atoms with Crippen molar-refractivity contribution in [3.05, 3.63) is 11.8 Å². The Morgan fingerprint density at radius 1 is 1.50 bits per heavy atom. The molecule has 5 heteroatoms. The summed E-state index contributed by atoms with van der Waals surface area (Å²) in [4.78, 5) is 0. The van der Waals surface area contributed by atoms with E-state index in [0.717, 1.165) is 5.69 Å². The van der Waals surface area contributed by atoms with Crippen LogP contribution in [0.25, 0.3) is 0 Å². The molecule has 1 rings (SSSR count). The van der Waals surface area contributed by atoms with Gasteiger partial charge in [-0.25, -0.2) is 0 Å². The predicted octanol–water partition coefficient (Wildman–Crippen LogP) is 1.15. The normalized spacial score (nSPS) is 7.80. The number of nitrogen functional groups attached to an aromatic ring is 1. The summed E-state index contributed by atoms with van der Waals surface area (Å²) in [5.74, 6) is 0.588. The first-order valence-electron chi connectivity index (χ1n) is 2.46. The van der Waals surface area contributed by atoms with Gasteiger partial charge in [-0.05, 0) is 6.92 Å². The smallest absolute Gasteiger partial charge is 0.145 e. The van der Waals surface area contributed by atoms with Crippen molar-refractivity contribution in [3.63, 3.8) is 0 Å².